The fourth-order valence-corrected chi connectivity index (χ4v) is 1.36. The number of alkyl halides is 1. The molecule has 0 spiro atoms. The zero-order valence-corrected chi connectivity index (χ0v) is 11.8. The number of nitrogens with one attached hydrogen (secondary N) is 1. The van der Waals surface area contributed by atoms with Crippen LogP contribution in [0.1, 0.15) is 23.2 Å². The Kier molecular flexibility index (Phi) is 5.20. The maximum absolute atomic E-state index is 11.6. The monoisotopic (exact) mass is 337 g/mol. The molecule has 1 aromatic heterocycles. The Morgan fingerprint density at radius 2 is 2.38 bits per heavy atom. The summed E-state index contributed by atoms with van der Waals surface area (Å²) in [5.74, 6) is 0.528. The van der Waals surface area contributed by atoms with Crippen LogP contribution in [-0.4, -0.2) is 42.6 Å². The van der Waals surface area contributed by atoms with Crippen LogP contribution in [0.5, 0.6) is 0 Å². The van der Waals surface area contributed by atoms with E-state index in [9.17, 15) is 4.79 Å². The normalized spacial score (nSPS) is 12.8. The van der Waals surface area contributed by atoms with E-state index < -0.39 is 0 Å². The molecule has 0 aliphatic rings. The van der Waals surface area contributed by atoms with Gasteiger partial charge in [-0.15, -0.1) is 0 Å². The minimum atomic E-state index is -0.187. The van der Waals surface area contributed by atoms with Gasteiger partial charge in [0.1, 0.15) is 5.76 Å². The zero-order chi connectivity index (χ0) is 12.1. The summed E-state index contributed by atoms with van der Waals surface area (Å²) in [5.41, 5.74) is 0.345. The quantitative estimate of drug-likeness (QED) is 0.650. The van der Waals surface area contributed by atoms with Crippen LogP contribution in [0.2, 0.25) is 0 Å². The van der Waals surface area contributed by atoms with Gasteiger partial charge in [-0.1, -0.05) is 27.7 Å². The number of nitrogens with zero attached hydrogens (tertiary/aromatic N) is 2. The number of hydrogen-bond acceptors (Lipinski definition) is 4. The van der Waals surface area contributed by atoms with Crippen molar-refractivity contribution in [2.75, 3.05) is 20.6 Å². The lowest BCUT2D eigenvalue weighted by molar-refractivity contribution is 0.0934. The Morgan fingerprint density at radius 3 is 2.88 bits per heavy atom. The van der Waals surface area contributed by atoms with Crippen LogP contribution in [0.4, 0.5) is 0 Å². The van der Waals surface area contributed by atoms with Gasteiger partial charge >= 0.3 is 0 Å². The molecule has 0 aliphatic heterocycles. The molecule has 0 saturated heterocycles. The molecule has 90 valence electrons. The lowest BCUT2D eigenvalue weighted by Gasteiger charge is -2.19. The Hall–Kier alpha value is -0.630. The standard InChI is InChI=1S/C10H16IN3O2/c1-7(14(2)3)6-12-10(15)9-4-8(5-11)16-13-9/h4,7H,5-6H2,1-3H3,(H,12,15). The fraction of sp³-hybridized carbons (Fsp3) is 0.600. The molecule has 5 nitrogen and oxygen atoms in total. The average Bonchev–Trinajstić information content (AvgIpc) is 2.73. The second-order valence-electron chi connectivity index (χ2n) is 3.83. The first-order chi connectivity index (χ1) is 7.54. The van der Waals surface area contributed by atoms with Crippen molar-refractivity contribution in [1.82, 2.24) is 15.4 Å². The van der Waals surface area contributed by atoms with Gasteiger partial charge in [0.05, 0.1) is 4.43 Å². The maximum atomic E-state index is 11.6. The first kappa shape index (κ1) is 13.4. The number of halogens is 1. The molecule has 1 heterocycles. The van der Waals surface area contributed by atoms with Crippen molar-refractivity contribution >= 4 is 28.5 Å². The van der Waals surface area contributed by atoms with Crippen LogP contribution < -0.4 is 5.32 Å². The number of rotatable bonds is 5. The minimum Gasteiger partial charge on any atom is -0.360 e. The first-order valence-corrected chi connectivity index (χ1v) is 6.53. The molecule has 0 saturated carbocycles. The maximum Gasteiger partial charge on any atom is 0.273 e. The summed E-state index contributed by atoms with van der Waals surface area (Å²) < 4.78 is 5.67. The van der Waals surface area contributed by atoms with Crippen LogP contribution in [0.3, 0.4) is 0 Å². The Labute approximate surface area is 109 Å². The third-order valence-electron chi connectivity index (χ3n) is 2.36. The SMILES string of the molecule is CC(CNC(=O)c1cc(CI)on1)N(C)C. The molecule has 0 bridgehead atoms. The van der Waals surface area contributed by atoms with E-state index in [2.05, 4.69) is 33.1 Å². The van der Waals surface area contributed by atoms with Gasteiger partial charge in [0.25, 0.3) is 5.91 Å². The smallest absolute Gasteiger partial charge is 0.273 e. The third-order valence-corrected chi connectivity index (χ3v) is 3.11. The van der Waals surface area contributed by atoms with E-state index in [4.69, 9.17) is 4.52 Å². The Morgan fingerprint density at radius 1 is 1.69 bits per heavy atom. The van der Waals surface area contributed by atoms with E-state index in [-0.39, 0.29) is 5.91 Å². The topological polar surface area (TPSA) is 58.4 Å². The van der Waals surface area contributed by atoms with Crippen molar-refractivity contribution in [2.45, 2.75) is 17.4 Å². The van der Waals surface area contributed by atoms with E-state index in [1.54, 1.807) is 6.07 Å². The van der Waals surface area contributed by atoms with Gasteiger partial charge < -0.3 is 14.7 Å². The summed E-state index contributed by atoms with van der Waals surface area (Å²) in [6.07, 6.45) is 0. The lowest BCUT2D eigenvalue weighted by atomic mass is 10.3. The van der Waals surface area contributed by atoms with E-state index in [1.807, 2.05) is 25.9 Å². The molecular formula is C10H16IN3O2. The molecule has 0 aliphatic carbocycles. The third kappa shape index (κ3) is 3.75. The predicted molar refractivity (Wildman–Crippen MR) is 69.7 cm³/mol. The molecule has 1 rings (SSSR count). The molecule has 1 amide bonds. The van der Waals surface area contributed by atoms with Gasteiger partial charge in [0.2, 0.25) is 0 Å². The van der Waals surface area contributed by atoms with Crippen molar-refractivity contribution < 1.29 is 9.32 Å². The summed E-state index contributed by atoms with van der Waals surface area (Å²) in [6.45, 7) is 2.64. The highest BCUT2D eigenvalue weighted by molar-refractivity contribution is 14.1. The average molecular weight is 337 g/mol. The van der Waals surface area contributed by atoms with E-state index >= 15 is 0 Å². The highest BCUT2D eigenvalue weighted by Gasteiger charge is 2.13. The highest BCUT2D eigenvalue weighted by atomic mass is 127. The number of likely N-dealkylation sites (N-methyl/N-ethyl adjacent to an activating group) is 1. The molecule has 1 N–H and O–H groups in total. The molecule has 1 unspecified atom stereocenters. The number of hydrogen-bond donors (Lipinski definition) is 1. The summed E-state index contributed by atoms with van der Waals surface area (Å²) in [4.78, 5) is 13.7. The van der Waals surface area contributed by atoms with Crippen molar-refractivity contribution in [1.29, 1.82) is 0 Å². The summed E-state index contributed by atoms with van der Waals surface area (Å²) in [6, 6.07) is 1.96. The Bertz CT molecular complexity index is 352. The zero-order valence-electron chi connectivity index (χ0n) is 9.66. The molecule has 1 aromatic rings. The predicted octanol–water partition coefficient (Wildman–Crippen LogP) is 1.29. The van der Waals surface area contributed by atoms with Crippen LogP contribution >= 0.6 is 22.6 Å². The molecule has 16 heavy (non-hydrogen) atoms. The molecule has 6 heteroatoms. The number of carbonyl (C=O) groups excluding carboxylic acids is 1. The van der Waals surface area contributed by atoms with Gasteiger partial charge in [0.15, 0.2) is 5.69 Å². The first-order valence-electron chi connectivity index (χ1n) is 5.00. The largest absolute Gasteiger partial charge is 0.360 e. The van der Waals surface area contributed by atoms with Crippen LogP contribution in [-0.2, 0) is 4.43 Å². The van der Waals surface area contributed by atoms with Crippen molar-refractivity contribution in [3.05, 3.63) is 17.5 Å². The molecule has 0 radical (unpaired) electrons. The second-order valence-corrected chi connectivity index (χ2v) is 4.60. The molecule has 0 aromatic carbocycles. The number of amides is 1. The summed E-state index contributed by atoms with van der Waals surface area (Å²) in [5, 5.41) is 6.52. The van der Waals surface area contributed by atoms with Gasteiger partial charge in [-0.3, -0.25) is 4.79 Å². The fourth-order valence-electron chi connectivity index (χ4n) is 0.997. The van der Waals surface area contributed by atoms with Crippen LogP contribution in [0.15, 0.2) is 10.6 Å². The van der Waals surface area contributed by atoms with Crippen molar-refractivity contribution in [2.24, 2.45) is 0 Å². The second kappa shape index (κ2) is 6.19. The van der Waals surface area contributed by atoms with E-state index in [1.165, 1.54) is 0 Å². The molecule has 0 fully saturated rings. The van der Waals surface area contributed by atoms with E-state index in [0.29, 0.717) is 28.5 Å². The van der Waals surface area contributed by atoms with Gasteiger partial charge in [0, 0.05) is 18.7 Å². The highest BCUT2D eigenvalue weighted by Crippen LogP contribution is 2.07. The van der Waals surface area contributed by atoms with Gasteiger partial charge in [-0.05, 0) is 21.0 Å². The summed E-state index contributed by atoms with van der Waals surface area (Å²) >= 11 is 2.16. The van der Waals surface area contributed by atoms with Gasteiger partial charge in [-0.25, -0.2) is 0 Å². The van der Waals surface area contributed by atoms with Crippen molar-refractivity contribution in [3.63, 3.8) is 0 Å². The van der Waals surface area contributed by atoms with Gasteiger partial charge in [-0.2, -0.15) is 0 Å². The molecule has 1 atom stereocenters. The van der Waals surface area contributed by atoms with E-state index in [0.717, 1.165) is 0 Å². The minimum absolute atomic E-state index is 0.187. The lowest BCUT2D eigenvalue weighted by Crippen LogP contribution is -2.38. The Balaban J connectivity index is 2.46. The number of aromatic nitrogens is 1. The number of carbonyl (C=O) groups is 1. The summed E-state index contributed by atoms with van der Waals surface area (Å²) in [7, 11) is 3.95. The van der Waals surface area contributed by atoms with Crippen LogP contribution in [0, 0.1) is 0 Å². The van der Waals surface area contributed by atoms with Crippen LogP contribution in [0.25, 0.3) is 0 Å². The molecular weight excluding hydrogens is 321 g/mol. The van der Waals surface area contributed by atoms with Crippen molar-refractivity contribution in [3.8, 4) is 0 Å².